The molecule has 2 aromatic carbocycles. The Hall–Kier alpha value is -4.71. The van der Waals surface area contributed by atoms with Gasteiger partial charge in [-0.3, -0.25) is 0 Å². The fourth-order valence-electron chi connectivity index (χ4n) is 5.90. The summed E-state index contributed by atoms with van der Waals surface area (Å²) in [5, 5.41) is 1.02. The van der Waals surface area contributed by atoms with Gasteiger partial charge in [-0.15, -0.1) is 0 Å². The lowest BCUT2D eigenvalue weighted by molar-refractivity contribution is -0.667. The van der Waals surface area contributed by atoms with Gasteiger partial charge in [0.2, 0.25) is 5.52 Å². The second-order valence-corrected chi connectivity index (χ2v) is 10.8. The van der Waals surface area contributed by atoms with Crippen LogP contribution in [0.2, 0.25) is 0 Å². The summed E-state index contributed by atoms with van der Waals surface area (Å²) in [7, 11) is 2.82. The summed E-state index contributed by atoms with van der Waals surface area (Å²) in [6.45, 7) is 8.11. The Morgan fingerprint density at radius 1 is 0.930 bits per heavy atom. The van der Waals surface area contributed by atoms with Gasteiger partial charge in [0, 0.05) is 36.1 Å². The number of aromatic nitrogens is 1. The molecule has 0 fully saturated rings. The second kappa shape index (κ2) is 13.1. The van der Waals surface area contributed by atoms with E-state index in [-0.39, 0.29) is 11.9 Å². The van der Waals surface area contributed by atoms with Crippen LogP contribution in [0.1, 0.15) is 71.9 Å². The summed E-state index contributed by atoms with van der Waals surface area (Å²) in [6.07, 6.45) is 18.2. The fraction of sp³-hybridized carbons (Fsp3) is 0.270. The molecule has 3 aromatic rings. The molecule has 0 amide bonds. The van der Waals surface area contributed by atoms with Gasteiger partial charge in [0.15, 0.2) is 6.20 Å². The van der Waals surface area contributed by atoms with Crippen molar-refractivity contribution in [1.82, 2.24) is 0 Å². The number of esters is 2. The Kier molecular flexibility index (Phi) is 9.05. The fourth-order valence-corrected chi connectivity index (χ4v) is 5.90. The van der Waals surface area contributed by atoms with Gasteiger partial charge in [-0.05, 0) is 104 Å². The van der Waals surface area contributed by atoms with E-state index in [4.69, 9.17) is 9.47 Å². The van der Waals surface area contributed by atoms with E-state index < -0.39 is 0 Å². The number of rotatable bonds is 7. The average molecular weight is 576 g/mol. The number of fused-ring (bicyclic) bond motifs is 2. The highest BCUT2D eigenvalue weighted by Gasteiger charge is 2.19. The number of pyridine rings is 1. The number of ether oxygens (including phenoxy) is 2. The van der Waals surface area contributed by atoms with Crippen LogP contribution in [0, 0.1) is 0 Å². The molecule has 0 radical (unpaired) electrons. The van der Waals surface area contributed by atoms with E-state index in [0.717, 1.165) is 65.6 Å². The normalized spacial score (nSPS) is 16.8. The predicted octanol–water partition coefficient (Wildman–Crippen LogP) is 7.60. The van der Waals surface area contributed by atoms with E-state index >= 15 is 0 Å². The Balaban J connectivity index is 1.49. The highest BCUT2D eigenvalue weighted by Crippen LogP contribution is 2.35. The Morgan fingerprint density at radius 3 is 2.40 bits per heavy atom. The van der Waals surface area contributed by atoms with E-state index in [9.17, 15) is 9.59 Å². The lowest BCUT2D eigenvalue weighted by Gasteiger charge is -2.27. The van der Waals surface area contributed by atoms with Crippen molar-refractivity contribution in [2.75, 3.05) is 25.7 Å². The predicted molar refractivity (Wildman–Crippen MR) is 173 cm³/mol. The van der Waals surface area contributed by atoms with Crippen molar-refractivity contribution in [3.05, 3.63) is 118 Å². The number of carbonyl (C=O) groups is 2. The molecule has 2 aliphatic rings. The van der Waals surface area contributed by atoms with Gasteiger partial charge >= 0.3 is 11.9 Å². The standard InChI is InChI=1S/C37H39N2O4/c1-6-38-21-19-28(32-23-30(36(40)42-4)15-17-34(32)38)13-11-26-9-8-10-27(25(26)3)12-14-29-20-22-39(7-2)35-18-16-31(24-33(29)35)37(41)43-5/h11-24H,6-10H2,1-5H3/q+1. The maximum Gasteiger partial charge on any atom is 0.337 e. The number of benzene rings is 2. The number of hydrogen-bond donors (Lipinski definition) is 0. The van der Waals surface area contributed by atoms with E-state index in [2.05, 4.69) is 79.1 Å². The van der Waals surface area contributed by atoms with Gasteiger partial charge in [0.25, 0.3) is 0 Å². The Bertz CT molecular complexity index is 1740. The highest BCUT2D eigenvalue weighted by molar-refractivity contribution is 5.96. The zero-order valence-electron chi connectivity index (χ0n) is 25.6. The zero-order chi connectivity index (χ0) is 30.5. The van der Waals surface area contributed by atoms with Crippen molar-refractivity contribution in [2.45, 2.75) is 46.6 Å². The average Bonchev–Trinajstić information content (AvgIpc) is 3.05. The summed E-state index contributed by atoms with van der Waals surface area (Å²) in [4.78, 5) is 26.7. The molecule has 0 spiro atoms. The lowest BCUT2D eigenvalue weighted by atomic mass is 9.87. The minimum absolute atomic E-state index is 0.335. The van der Waals surface area contributed by atoms with E-state index in [1.165, 1.54) is 30.9 Å². The third kappa shape index (κ3) is 6.09. The monoisotopic (exact) mass is 575 g/mol. The van der Waals surface area contributed by atoms with Crippen LogP contribution in [0.5, 0.6) is 0 Å². The number of allylic oxidation sites excluding steroid dienone is 8. The number of methoxy groups -OCH3 is 2. The molecule has 1 aliphatic carbocycles. The quantitative estimate of drug-likeness (QED) is 0.215. The van der Waals surface area contributed by atoms with E-state index in [0.29, 0.717) is 11.1 Å². The molecule has 6 heteroatoms. The molecule has 5 rings (SSSR count). The first-order chi connectivity index (χ1) is 20.9. The van der Waals surface area contributed by atoms with Crippen LogP contribution < -0.4 is 9.47 Å². The molecular formula is C37H39N2O4+. The summed E-state index contributed by atoms with van der Waals surface area (Å²) in [5.74, 6) is -0.671. The van der Waals surface area contributed by atoms with Gasteiger partial charge < -0.3 is 14.4 Å². The van der Waals surface area contributed by atoms with Crippen LogP contribution >= 0.6 is 0 Å². The first-order valence-electron chi connectivity index (χ1n) is 14.9. The number of anilines is 1. The van der Waals surface area contributed by atoms with Gasteiger partial charge in [-0.1, -0.05) is 24.3 Å². The minimum Gasteiger partial charge on any atom is -0.465 e. The summed E-state index contributed by atoms with van der Waals surface area (Å²) < 4.78 is 12.1. The van der Waals surface area contributed by atoms with Crippen molar-refractivity contribution in [2.24, 2.45) is 0 Å². The van der Waals surface area contributed by atoms with E-state index in [1.54, 1.807) is 0 Å². The maximum atomic E-state index is 12.3. The van der Waals surface area contributed by atoms with Crippen LogP contribution in [-0.2, 0) is 16.0 Å². The summed E-state index contributed by atoms with van der Waals surface area (Å²) >= 11 is 0. The molecule has 1 aromatic heterocycles. The van der Waals surface area contributed by atoms with Crippen LogP contribution in [0.25, 0.3) is 22.6 Å². The second-order valence-electron chi connectivity index (χ2n) is 10.8. The Morgan fingerprint density at radius 2 is 1.67 bits per heavy atom. The summed E-state index contributed by atoms with van der Waals surface area (Å²) in [5.41, 5.74) is 10.3. The van der Waals surface area contributed by atoms with Crippen molar-refractivity contribution >= 4 is 40.2 Å². The number of aryl methyl sites for hydroxylation is 1. The number of hydrogen-bond acceptors (Lipinski definition) is 5. The topological polar surface area (TPSA) is 59.7 Å². The van der Waals surface area contributed by atoms with Gasteiger partial charge in [0.05, 0.1) is 30.7 Å². The summed E-state index contributed by atoms with van der Waals surface area (Å²) in [6, 6.07) is 13.6. The zero-order valence-corrected chi connectivity index (χ0v) is 25.6. The van der Waals surface area contributed by atoms with Crippen molar-refractivity contribution in [3.63, 3.8) is 0 Å². The third-order valence-electron chi connectivity index (χ3n) is 8.41. The largest absolute Gasteiger partial charge is 0.465 e. The molecule has 6 nitrogen and oxygen atoms in total. The van der Waals surface area contributed by atoms with Crippen molar-refractivity contribution < 1.29 is 23.6 Å². The van der Waals surface area contributed by atoms with Crippen molar-refractivity contribution in [3.8, 4) is 0 Å². The first kappa shape index (κ1) is 29.8. The SMILES string of the molecule is CCN1C=C/C(=C\C=C2/CCCC(/C=C/c3cc[n+](CC)c4ccc(C(=O)OC)cc34)=C2C)c2cc(C(=O)OC)ccc21. The van der Waals surface area contributed by atoms with Gasteiger partial charge in [-0.2, -0.15) is 4.57 Å². The van der Waals surface area contributed by atoms with Gasteiger partial charge in [0.1, 0.15) is 6.54 Å². The number of carbonyl (C=O) groups excluding carboxylic acids is 2. The molecular weight excluding hydrogens is 536 g/mol. The van der Waals surface area contributed by atoms with Crippen LogP contribution in [-0.4, -0.2) is 32.7 Å². The third-order valence-corrected chi connectivity index (χ3v) is 8.41. The van der Waals surface area contributed by atoms with Crippen molar-refractivity contribution in [1.29, 1.82) is 0 Å². The molecule has 0 unspecified atom stereocenters. The molecule has 220 valence electrons. The molecule has 0 saturated heterocycles. The maximum absolute atomic E-state index is 12.3. The van der Waals surface area contributed by atoms with Crippen LogP contribution in [0.15, 0.2) is 95.9 Å². The molecule has 1 aliphatic heterocycles. The molecule has 2 heterocycles. The van der Waals surface area contributed by atoms with E-state index in [1.807, 2.05) is 36.4 Å². The highest BCUT2D eigenvalue weighted by atomic mass is 16.5. The smallest absolute Gasteiger partial charge is 0.337 e. The molecule has 0 atom stereocenters. The minimum atomic E-state index is -0.335. The molecule has 0 N–H and O–H groups in total. The molecule has 0 saturated carbocycles. The van der Waals surface area contributed by atoms with Crippen LogP contribution in [0.4, 0.5) is 5.69 Å². The first-order valence-corrected chi connectivity index (χ1v) is 14.9. The van der Waals surface area contributed by atoms with Gasteiger partial charge in [-0.25, -0.2) is 9.59 Å². The number of nitrogens with zero attached hydrogens (tertiary/aromatic N) is 2. The Labute approximate surface area is 253 Å². The lowest BCUT2D eigenvalue weighted by Crippen LogP contribution is -2.32. The van der Waals surface area contributed by atoms with Crippen LogP contribution in [0.3, 0.4) is 0 Å². The molecule has 43 heavy (non-hydrogen) atoms. The molecule has 0 bridgehead atoms.